The number of amides is 1. The number of carbonyl (C=O) groups excluding carboxylic acids is 2. The molecule has 0 unspecified atom stereocenters. The minimum absolute atomic E-state index is 0.101. The minimum Gasteiger partial charge on any atom is -0.465 e. The average molecular weight is 246 g/mol. The predicted molar refractivity (Wildman–Crippen MR) is 63.4 cm³/mol. The van der Waals surface area contributed by atoms with Gasteiger partial charge in [0.1, 0.15) is 6.54 Å². The van der Waals surface area contributed by atoms with E-state index in [1.165, 1.54) is 12.0 Å². The fraction of sp³-hybridized carbons (Fsp3) is 0.818. The van der Waals surface area contributed by atoms with E-state index in [1.807, 2.05) is 0 Å². The Morgan fingerprint density at radius 1 is 1.35 bits per heavy atom. The van der Waals surface area contributed by atoms with Gasteiger partial charge in [0, 0.05) is 13.7 Å². The van der Waals surface area contributed by atoms with Gasteiger partial charge in [-0.3, -0.25) is 9.59 Å². The first kappa shape index (κ1) is 15.9. The second kappa shape index (κ2) is 7.24. The molecule has 0 aromatic rings. The highest BCUT2D eigenvalue weighted by Gasteiger charge is 2.29. The Kier molecular flexibility index (Phi) is 6.75. The van der Waals surface area contributed by atoms with Crippen LogP contribution in [0.5, 0.6) is 0 Å². The molecular formula is C11H22N2O4. The molecule has 0 bridgehead atoms. The lowest BCUT2D eigenvalue weighted by atomic mass is 10.1. The molecule has 0 aliphatic carbocycles. The second-order valence-corrected chi connectivity index (χ2v) is 4.25. The van der Waals surface area contributed by atoms with Crippen molar-refractivity contribution >= 4 is 11.9 Å². The van der Waals surface area contributed by atoms with Gasteiger partial charge in [-0.2, -0.15) is 0 Å². The number of hydrogen-bond donors (Lipinski definition) is 1. The molecule has 0 heterocycles. The molecule has 0 saturated heterocycles. The Morgan fingerprint density at radius 3 is 2.35 bits per heavy atom. The molecule has 0 aliphatic rings. The minimum atomic E-state index is -1.01. The number of nitrogens with zero attached hydrogens (tertiary/aromatic N) is 1. The van der Waals surface area contributed by atoms with E-state index in [9.17, 15) is 9.59 Å². The van der Waals surface area contributed by atoms with Crippen molar-refractivity contribution < 1.29 is 19.1 Å². The molecular weight excluding hydrogens is 224 g/mol. The van der Waals surface area contributed by atoms with Gasteiger partial charge in [-0.15, -0.1) is 0 Å². The van der Waals surface area contributed by atoms with Gasteiger partial charge in [-0.05, 0) is 20.8 Å². The van der Waals surface area contributed by atoms with Crippen molar-refractivity contribution in [3.05, 3.63) is 0 Å². The lowest BCUT2D eigenvalue weighted by Gasteiger charge is -2.28. The van der Waals surface area contributed by atoms with Gasteiger partial charge in [0.2, 0.25) is 5.91 Å². The highest BCUT2D eigenvalue weighted by Crippen LogP contribution is 2.04. The third kappa shape index (κ3) is 6.23. The van der Waals surface area contributed by atoms with E-state index in [4.69, 9.17) is 15.2 Å². The Hall–Kier alpha value is -1.14. The summed E-state index contributed by atoms with van der Waals surface area (Å²) in [5.74, 6) is -0.746. The fourth-order valence-corrected chi connectivity index (χ4v) is 1.22. The SMILES string of the molecule is CCOC(=O)CN(CCOC)C(=O)C(C)(C)N. The van der Waals surface area contributed by atoms with E-state index in [2.05, 4.69) is 0 Å². The smallest absolute Gasteiger partial charge is 0.325 e. The largest absolute Gasteiger partial charge is 0.465 e. The molecule has 0 aliphatic heterocycles. The molecule has 1 amide bonds. The number of ether oxygens (including phenoxy) is 2. The Labute approximate surface area is 102 Å². The molecule has 0 spiro atoms. The van der Waals surface area contributed by atoms with Crippen molar-refractivity contribution in [1.82, 2.24) is 4.90 Å². The second-order valence-electron chi connectivity index (χ2n) is 4.25. The van der Waals surface area contributed by atoms with Gasteiger partial charge < -0.3 is 20.1 Å². The third-order valence-electron chi connectivity index (χ3n) is 2.03. The van der Waals surface area contributed by atoms with Crippen molar-refractivity contribution in [2.45, 2.75) is 26.3 Å². The first-order valence-corrected chi connectivity index (χ1v) is 5.55. The summed E-state index contributed by atoms with van der Waals surface area (Å²) in [4.78, 5) is 24.6. The number of esters is 1. The van der Waals surface area contributed by atoms with E-state index in [1.54, 1.807) is 20.8 Å². The van der Waals surface area contributed by atoms with Crippen LogP contribution in [-0.2, 0) is 19.1 Å². The van der Waals surface area contributed by atoms with Crippen LogP contribution in [0.1, 0.15) is 20.8 Å². The van der Waals surface area contributed by atoms with Gasteiger partial charge in [-0.1, -0.05) is 0 Å². The zero-order valence-electron chi connectivity index (χ0n) is 11.0. The topological polar surface area (TPSA) is 81.9 Å². The number of hydrogen-bond acceptors (Lipinski definition) is 5. The highest BCUT2D eigenvalue weighted by atomic mass is 16.5. The van der Waals surface area contributed by atoms with Crippen molar-refractivity contribution in [3.8, 4) is 0 Å². The molecule has 0 aromatic carbocycles. The summed E-state index contributed by atoms with van der Waals surface area (Å²) in [6, 6.07) is 0. The van der Waals surface area contributed by atoms with Crippen LogP contribution in [0, 0.1) is 0 Å². The zero-order chi connectivity index (χ0) is 13.5. The van der Waals surface area contributed by atoms with Crippen LogP contribution >= 0.6 is 0 Å². The number of methoxy groups -OCH3 is 1. The fourth-order valence-electron chi connectivity index (χ4n) is 1.22. The molecule has 100 valence electrons. The van der Waals surface area contributed by atoms with Crippen LogP contribution in [0.3, 0.4) is 0 Å². The van der Waals surface area contributed by atoms with Crippen LogP contribution in [-0.4, -0.2) is 55.7 Å². The maximum Gasteiger partial charge on any atom is 0.325 e. The molecule has 0 radical (unpaired) electrons. The lowest BCUT2D eigenvalue weighted by Crippen LogP contribution is -2.53. The number of nitrogens with two attached hydrogens (primary N) is 1. The molecule has 0 aromatic heterocycles. The monoisotopic (exact) mass is 246 g/mol. The Bertz CT molecular complexity index is 261. The van der Waals surface area contributed by atoms with Crippen LogP contribution < -0.4 is 5.73 Å². The summed E-state index contributed by atoms with van der Waals surface area (Å²) in [6.45, 7) is 5.76. The summed E-state index contributed by atoms with van der Waals surface area (Å²) >= 11 is 0. The van der Waals surface area contributed by atoms with Gasteiger partial charge in [-0.25, -0.2) is 0 Å². The Morgan fingerprint density at radius 2 is 1.94 bits per heavy atom. The van der Waals surface area contributed by atoms with Crippen LogP contribution in [0.15, 0.2) is 0 Å². The van der Waals surface area contributed by atoms with Crippen LogP contribution in [0.4, 0.5) is 0 Å². The maximum absolute atomic E-state index is 11.9. The van der Waals surface area contributed by atoms with Gasteiger partial charge >= 0.3 is 5.97 Å². The summed E-state index contributed by atoms with van der Waals surface area (Å²) in [5.41, 5.74) is 4.70. The molecule has 17 heavy (non-hydrogen) atoms. The highest BCUT2D eigenvalue weighted by molar-refractivity contribution is 5.88. The molecule has 0 rings (SSSR count). The average Bonchev–Trinajstić information content (AvgIpc) is 2.22. The normalized spacial score (nSPS) is 11.1. The third-order valence-corrected chi connectivity index (χ3v) is 2.03. The molecule has 2 N–H and O–H groups in total. The van der Waals surface area contributed by atoms with Crippen LogP contribution in [0.2, 0.25) is 0 Å². The molecule has 0 atom stereocenters. The molecule has 0 saturated carbocycles. The summed E-state index contributed by atoms with van der Waals surface area (Å²) < 4.78 is 9.69. The summed E-state index contributed by atoms with van der Waals surface area (Å²) in [6.07, 6.45) is 0. The van der Waals surface area contributed by atoms with Crippen molar-refractivity contribution in [2.24, 2.45) is 5.73 Å². The maximum atomic E-state index is 11.9. The first-order chi connectivity index (χ1) is 7.82. The number of carbonyl (C=O) groups is 2. The predicted octanol–water partition coefficient (Wildman–Crippen LogP) is -0.238. The van der Waals surface area contributed by atoms with Crippen LogP contribution in [0.25, 0.3) is 0 Å². The van der Waals surface area contributed by atoms with Crippen molar-refractivity contribution in [2.75, 3.05) is 33.4 Å². The molecule has 6 nitrogen and oxygen atoms in total. The molecule has 0 fully saturated rings. The zero-order valence-corrected chi connectivity index (χ0v) is 11.0. The van der Waals surface area contributed by atoms with Crippen molar-refractivity contribution in [1.29, 1.82) is 0 Å². The van der Waals surface area contributed by atoms with Gasteiger partial charge in [0.15, 0.2) is 0 Å². The van der Waals surface area contributed by atoms with Crippen molar-refractivity contribution in [3.63, 3.8) is 0 Å². The van der Waals surface area contributed by atoms with E-state index < -0.39 is 11.5 Å². The van der Waals surface area contributed by atoms with E-state index in [-0.39, 0.29) is 19.1 Å². The standard InChI is InChI=1S/C11H22N2O4/c1-5-17-9(14)8-13(6-7-16-4)10(15)11(2,3)12/h5-8,12H2,1-4H3. The lowest BCUT2D eigenvalue weighted by molar-refractivity contribution is -0.150. The Balaban J connectivity index is 4.53. The van der Waals surface area contributed by atoms with E-state index in [0.29, 0.717) is 13.2 Å². The first-order valence-electron chi connectivity index (χ1n) is 5.55. The van der Waals surface area contributed by atoms with E-state index in [0.717, 1.165) is 0 Å². The van der Waals surface area contributed by atoms with Gasteiger partial charge in [0.05, 0.1) is 18.8 Å². The summed E-state index contributed by atoms with van der Waals surface area (Å²) in [7, 11) is 1.53. The van der Waals surface area contributed by atoms with E-state index >= 15 is 0 Å². The number of rotatable bonds is 7. The van der Waals surface area contributed by atoms with Gasteiger partial charge in [0.25, 0.3) is 0 Å². The summed E-state index contributed by atoms with van der Waals surface area (Å²) in [5, 5.41) is 0. The molecule has 6 heteroatoms. The quantitative estimate of drug-likeness (QED) is 0.627.